The van der Waals surface area contributed by atoms with E-state index in [1.54, 1.807) is 4.90 Å². The maximum absolute atomic E-state index is 13.8. The molecule has 0 heterocycles. The van der Waals surface area contributed by atoms with E-state index in [9.17, 15) is 9.59 Å². The molecule has 1 N–H and O–H groups in total. The Labute approximate surface area is 228 Å². The molecule has 0 saturated heterocycles. The van der Waals surface area contributed by atoms with Crippen LogP contribution in [0.5, 0.6) is 5.75 Å². The number of benzene rings is 3. The molecule has 0 aliphatic heterocycles. The number of hydrogen-bond acceptors (Lipinski definition) is 3. The predicted octanol–water partition coefficient (Wildman–Crippen LogP) is 6.23. The number of nitrogens with zero attached hydrogens (tertiary/aromatic N) is 1. The first-order chi connectivity index (χ1) is 18.0. The summed E-state index contributed by atoms with van der Waals surface area (Å²) in [7, 11) is 0. The van der Waals surface area contributed by atoms with Crippen LogP contribution in [-0.2, 0) is 22.6 Å². The summed E-state index contributed by atoms with van der Waals surface area (Å²) in [6, 6.07) is 24.9. The molecule has 1 aliphatic carbocycles. The Bertz CT molecular complexity index is 1160. The summed E-state index contributed by atoms with van der Waals surface area (Å²) >= 11 is 3.48. The van der Waals surface area contributed by atoms with Crippen molar-refractivity contribution in [2.75, 3.05) is 6.61 Å². The van der Waals surface area contributed by atoms with Gasteiger partial charge in [0.25, 0.3) is 5.91 Å². The third-order valence-corrected chi connectivity index (χ3v) is 7.37. The van der Waals surface area contributed by atoms with Crippen molar-refractivity contribution in [2.45, 2.75) is 64.1 Å². The molecule has 6 heteroatoms. The van der Waals surface area contributed by atoms with E-state index in [1.165, 1.54) is 6.42 Å². The highest BCUT2D eigenvalue weighted by molar-refractivity contribution is 9.10. The summed E-state index contributed by atoms with van der Waals surface area (Å²) < 4.78 is 6.85. The second kappa shape index (κ2) is 13.4. The fourth-order valence-corrected chi connectivity index (χ4v) is 5.08. The van der Waals surface area contributed by atoms with Crippen molar-refractivity contribution < 1.29 is 14.3 Å². The maximum Gasteiger partial charge on any atom is 0.261 e. The highest BCUT2D eigenvalue weighted by Gasteiger charge is 2.32. The summed E-state index contributed by atoms with van der Waals surface area (Å²) in [5.41, 5.74) is 3.03. The molecule has 0 bridgehead atoms. The lowest BCUT2D eigenvalue weighted by Gasteiger charge is -2.33. The van der Waals surface area contributed by atoms with Gasteiger partial charge in [-0.1, -0.05) is 89.8 Å². The molecule has 1 fully saturated rings. The van der Waals surface area contributed by atoms with Crippen molar-refractivity contribution in [1.29, 1.82) is 0 Å². The van der Waals surface area contributed by atoms with Gasteiger partial charge in [-0.3, -0.25) is 9.59 Å². The number of ether oxygens (including phenoxy) is 1. The monoisotopic (exact) mass is 562 g/mol. The van der Waals surface area contributed by atoms with Crippen molar-refractivity contribution in [3.63, 3.8) is 0 Å². The zero-order chi connectivity index (χ0) is 26.0. The van der Waals surface area contributed by atoms with Crippen LogP contribution in [0.4, 0.5) is 0 Å². The molecule has 1 saturated carbocycles. The first kappa shape index (κ1) is 26.9. The number of aryl methyl sites for hydroxylation is 1. The molecule has 1 atom stereocenters. The third-order valence-electron chi connectivity index (χ3n) is 6.84. The van der Waals surface area contributed by atoms with E-state index < -0.39 is 6.04 Å². The largest absolute Gasteiger partial charge is 0.484 e. The molecule has 194 valence electrons. The second-order valence-corrected chi connectivity index (χ2v) is 10.7. The molecule has 3 aromatic rings. The lowest BCUT2D eigenvalue weighted by atomic mass is 9.94. The fourth-order valence-electron chi connectivity index (χ4n) is 4.82. The quantitative estimate of drug-likeness (QED) is 0.319. The lowest BCUT2D eigenvalue weighted by Crippen LogP contribution is -2.53. The molecule has 0 unspecified atom stereocenters. The Morgan fingerprint density at radius 2 is 1.68 bits per heavy atom. The van der Waals surface area contributed by atoms with E-state index >= 15 is 0 Å². The summed E-state index contributed by atoms with van der Waals surface area (Å²) in [5, 5.41) is 3.27. The van der Waals surface area contributed by atoms with E-state index in [4.69, 9.17) is 4.74 Å². The van der Waals surface area contributed by atoms with Gasteiger partial charge in [0, 0.05) is 23.5 Å². The number of carbonyl (C=O) groups excluding carboxylic acids is 2. The summed E-state index contributed by atoms with van der Waals surface area (Å²) in [6.07, 6.45) is 5.87. The summed E-state index contributed by atoms with van der Waals surface area (Å²) in [4.78, 5) is 29.2. The van der Waals surface area contributed by atoms with Crippen LogP contribution >= 0.6 is 15.9 Å². The van der Waals surface area contributed by atoms with Crippen LogP contribution in [0.25, 0.3) is 0 Å². The summed E-state index contributed by atoms with van der Waals surface area (Å²) in [6.45, 7) is 2.17. The first-order valence-corrected chi connectivity index (χ1v) is 13.8. The fraction of sp³-hybridized carbons (Fsp3) is 0.355. The van der Waals surface area contributed by atoms with E-state index in [-0.39, 0.29) is 24.5 Å². The molecule has 3 aromatic carbocycles. The molecule has 0 spiro atoms. The SMILES string of the molecule is Cc1cccc(OCC(=O)N(Cc2ccc(Br)cc2)[C@@H](Cc2ccccc2)C(=O)NC2CCCCC2)c1. The number of rotatable bonds is 10. The zero-order valence-corrected chi connectivity index (χ0v) is 23.0. The Morgan fingerprint density at radius 1 is 0.946 bits per heavy atom. The Kier molecular flexibility index (Phi) is 9.78. The minimum atomic E-state index is -0.651. The molecular formula is C31H35BrN2O3. The highest BCUT2D eigenvalue weighted by atomic mass is 79.9. The summed E-state index contributed by atoms with van der Waals surface area (Å²) in [5.74, 6) is 0.323. The molecule has 4 rings (SSSR count). The van der Waals surface area contributed by atoms with Gasteiger partial charge in [-0.15, -0.1) is 0 Å². The van der Waals surface area contributed by atoms with Gasteiger partial charge in [0.1, 0.15) is 11.8 Å². The van der Waals surface area contributed by atoms with E-state index in [0.29, 0.717) is 18.7 Å². The Balaban J connectivity index is 1.60. The Morgan fingerprint density at radius 3 is 2.38 bits per heavy atom. The topological polar surface area (TPSA) is 58.6 Å². The average Bonchev–Trinajstić information content (AvgIpc) is 2.91. The van der Waals surface area contributed by atoms with Crippen molar-refractivity contribution in [1.82, 2.24) is 10.2 Å². The number of halogens is 1. The smallest absolute Gasteiger partial charge is 0.261 e. The van der Waals surface area contributed by atoms with Crippen LogP contribution in [0.3, 0.4) is 0 Å². The molecule has 0 aromatic heterocycles. The van der Waals surface area contributed by atoms with Crippen molar-refractivity contribution >= 4 is 27.7 Å². The van der Waals surface area contributed by atoms with Gasteiger partial charge < -0.3 is 15.0 Å². The minimum absolute atomic E-state index is 0.100. The van der Waals surface area contributed by atoms with Crippen LogP contribution in [0.15, 0.2) is 83.3 Å². The second-order valence-electron chi connectivity index (χ2n) is 9.80. The van der Waals surface area contributed by atoms with Gasteiger partial charge in [-0.25, -0.2) is 0 Å². The van der Waals surface area contributed by atoms with E-state index in [1.807, 2.05) is 85.8 Å². The van der Waals surface area contributed by atoms with Crippen molar-refractivity contribution in [2.24, 2.45) is 0 Å². The lowest BCUT2D eigenvalue weighted by molar-refractivity contribution is -0.143. The normalized spacial score (nSPS) is 14.5. The van der Waals surface area contributed by atoms with Crippen LogP contribution in [0.2, 0.25) is 0 Å². The first-order valence-electron chi connectivity index (χ1n) is 13.1. The van der Waals surface area contributed by atoms with Crippen molar-refractivity contribution in [3.8, 4) is 5.75 Å². The Hall–Kier alpha value is -3.12. The van der Waals surface area contributed by atoms with Crippen LogP contribution < -0.4 is 10.1 Å². The minimum Gasteiger partial charge on any atom is -0.484 e. The van der Waals surface area contributed by atoms with Gasteiger partial charge in [0.05, 0.1) is 0 Å². The van der Waals surface area contributed by atoms with Gasteiger partial charge >= 0.3 is 0 Å². The maximum atomic E-state index is 13.8. The van der Waals surface area contributed by atoms with Gasteiger partial charge in [0.15, 0.2) is 6.61 Å². The van der Waals surface area contributed by atoms with Crippen molar-refractivity contribution in [3.05, 3.63) is 100 Å². The number of carbonyl (C=O) groups is 2. The zero-order valence-electron chi connectivity index (χ0n) is 21.4. The number of hydrogen-bond donors (Lipinski definition) is 1. The van der Waals surface area contributed by atoms with Crippen LogP contribution in [0, 0.1) is 6.92 Å². The van der Waals surface area contributed by atoms with Gasteiger partial charge in [0.2, 0.25) is 5.91 Å². The van der Waals surface area contributed by atoms with E-state index in [0.717, 1.165) is 46.8 Å². The average molecular weight is 564 g/mol. The van der Waals surface area contributed by atoms with Crippen LogP contribution in [-0.4, -0.2) is 35.4 Å². The van der Waals surface area contributed by atoms with Gasteiger partial charge in [-0.05, 0) is 60.7 Å². The predicted molar refractivity (Wildman–Crippen MR) is 150 cm³/mol. The number of amides is 2. The molecule has 37 heavy (non-hydrogen) atoms. The molecule has 0 radical (unpaired) electrons. The molecular weight excluding hydrogens is 528 g/mol. The molecule has 1 aliphatic rings. The molecule has 2 amide bonds. The van der Waals surface area contributed by atoms with Gasteiger partial charge in [-0.2, -0.15) is 0 Å². The highest BCUT2D eigenvalue weighted by Crippen LogP contribution is 2.21. The standard InChI is InChI=1S/C31H35BrN2O3/c1-23-9-8-14-28(19-23)37-22-30(35)34(21-25-15-17-26(32)18-16-25)29(20-24-10-4-2-5-11-24)31(36)33-27-12-6-3-7-13-27/h2,4-5,8-11,14-19,27,29H,3,6-7,12-13,20-22H2,1H3,(H,33,36)/t29-/m0/s1. The van der Waals surface area contributed by atoms with Crippen LogP contribution in [0.1, 0.15) is 48.8 Å². The van der Waals surface area contributed by atoms with E-state index in [2.05, 4.69) is 21.2 Å². The third kappa shape index (κ3) is 8.19. The molecule has 5 nitrogen and oxygen atoms in total. The number of nitrogens with one attached hydrogen (secondary N) is 1.